The first kappa shape index (κ1) is 55.3. The SMILES string of the molecule is O=C(CCl)c1ccoc1.OC(CN1c2cccc(-c3cccc(OC(F)(F)F)c3)c2OCC1c1ccoc1)C(F)(F)F.OC(CN1c2cccc(-c3cccc(OC(F)(F)F)c3)c2OCC1c1ccoc1)C(F)(F)F. The van der Waals surface area contributed by atoms with E-state index in [1.165, 1.54) is 83.8 Å². The van der Waals surface area contributed by atoms with Crippen molar-refractivity contribution in [2.45, 2.75) is 49.4 Å². The molecule has 3 aromatic heterocycles. The van der Waals surface area contributed by atoms with Gasteiger partial charge in [0.05, 0.1) is 79.3 Å². The van der Waals surface area contributed by atoms with Gasteiger partial charge in [0, 0.05) is 22.3 Å². The number of rotatable bonds is 12. The fourth-order valence-electron chi connectivity index (χ4n) is 7.83. The predicted molar refractivity (Wildman–Crippen MR) is 244 cm³/mol. The first-order chi connectivity index (χ1) is 35.4. The van der Waals surface area contributed by atoms with Gasteiger partial charge in [0.2, 0.25) is 0 Å². The number of fused-ring (bicyclic) bond motifs is 2. The third-order valence-corrected chi connectivity index (χ3v) is 11.4. The Morgan fingerprint density at radius 2 is 0.973 bits per heavy atom. The molecule has 4 aromatic carbocycles. The number of ether oxygens (including phenoxy) is 4. The lowest BCUT2D eigenvalue weighted by Gasteiger charge is -2.40. The maximum Gasteiger partial charge on any atom is 0.573 e. The molecule has 400 valence electrons. The molecule has 12 nitrogen and oxygen atoms in total. The Hall–Kier alpha value is -7.44. The summed E-state index contributed by atoms with van der Waals surface area (Å²) in [6.07, 6.45) is -16.4. The molecule has 2 aliphatic heterocycles. The maximum absolute atomic E-state index is 13.1. The molecule has 0 bridgehead atoms. The summed E-state index contributed by atoms with van der Waals surface area (Å²) in [6, 6.07) is 23.0. The number of ketones is 1. The van der Waals surface area contributed by atoms with Crippen molar-refractivity contribution in [1.29, 1.82) is 0 Å². The van der Waals surface area contributed by atoms with Crippen molar-refractivity contribution in [3.63, 3.8) is 0 Å². The maximum atomic E-state index is 13.1. The van der Waals surface area contributed by atoms with E-state index in [1.54, 1.807) is 42.5 Å². The number of alkyl halides is 13. The molecular weight excluding hydrogens is 1050 g/mol. The lowest BCUT2D eigenvalue weighted by Crippen LogP contribution is -2.45. The summed E-state index contributed by atoms with van der Waals surface area (Å²) in [4.78, 5) is 13.4. The summed E-state index contributed by atoms with van der Waals surface area (Å²) in [5.74, 6) is -0.639. The Morgan fingerprint density at radius 1 is 0.573 bits per heavy atom. The summed E-state index contributed by atoms with van der Waals surface area (Å²) in [5.41, 5.74) is 3.45. The molecule has 25 heteroatoms. The Kier molecular flexibility index (Phi) is 17.0. The number of benzene rings is 4. The number of β-amino-alcohol motifs (C(OH)–C–C–N with tert-alkyl or cyclic N) is 2. The van der Waals surface area contributed by atoms with Gasteiger partial charge in [-0.2, -0.15) is 26.3 Å². The van der Waals surface area contributed by atoms with Crippen molar-refractivity contribution in [2.24, 2.45) is 0 Å². The van der Waals surface area contributed by atoms with Crippen LogP contribution in [0.5, 0.6) is 23.0 Å². The van der Waals surface area contributed by atoms with E-state index in [4.69, 9.17) is 29.9 Å². The standard InChI is InChI=1S/2C22H17F6NO4.C6H5ClO2/c2*23-21(24,25)19(30)10-29-17-6-2-5-16(13-3-1-4-15(9-13)33-22(26,27)28)20(17)32-12-18(29)14-7-8-31-11-14;7-3-6(8)5-1-2-9-4-5/h2*1-9,11,18-19,30H,10,12H2;1-2,4H,3H2. The average Bonchev–Trinajstić information content (AvgIpc) is 4.19. The molecule has 5 heterocycles. The minimum absolute atomic E-state index is 0.0134. The second-order valence-electron chi connectivity index (χ2n) is 16.2. The molecule has 0 amide bonds. The monoisotopic (exact) mass is 1090 g/mol. The van der Waals surface area contributed by atoms with Crippen molar-refractivity contribution in [3.8, 4) is 45.3 Å². The number of para-hydroxylation sites is 2. The largest absolute Gasteiger partial charge is 0.573 e. The van der Waals surface area contributed by atoms with Gasteiger partial charge in [-0.1, -0.05) is 48.5 Å². The Balaban J connectivity index is 0.000000187. The number of halogens is 13. The van der Waals surface area contributed by atoms with Gasteiger partial charge in [0.25, 0.3) is 0 Å². The quantitative estimate of drug-likeness (QED) is 0.0684. The smallest absolute Gasteiger partial charge is 0.488 e. The molecule has 0 saturated carbocycles. The molecule has 0 fully saturated rings. The van der Waals surface area contributed by atoms with Gasteiger partial charge in [0.1, 0.15) is 31.0 Å². The van der Waals surface area contributed by atoms with E-state index in [1.807, 2.05) is 0 Å². The number of aliphatic hydroxyl groups excluding tert-OH is 2. The van der Waals surface area contributed by atoms with Crippen molar-refractivity contribution in [2.75, 3.05) is 42.0 Å². The third-order valence-electron chi connectivity index (χ3n) is 11.2. The zero-order valence-electron chi connectivity index (χ0n) is 38.1. The van der Waals surface area contributed by atoms with Crippen LogP contribution in [0.15, 0.2) is 154 Å². The van der Waals surface area contributed by atoms with Crippen molar-refractivity contribution < 1.29 is 99.9 Å². The van der Waals surface area contributed by atoms with Crippen LogP contribution in [0, 0.1) is 0 Å². The fourth-order valence-corrected chi connectivity index (χ4v) is 7.99. The van der Waals surface area contributed by atoms with Crippen LogP contribution in [-0.4, -0.2) is 85.5 Å². The predicted octanol–water partition coefficient (Wildman–Crippen LogP) is 13.1. The number of carbonyl (C=O) groups excluding carboxylic acids is 1. The van der Waals surface area contributed by atoms with E-state index in [9.17, 15) is 67.7 Å². The number of nitrogens with zero attached hydrogens (tertiary/aromatic N) is 2. The summed E-state index contributed by atoms with van der Waals surface area (Å²) >= 11 is 5.25. The number of anilines is 2. The molecule has 2 N–H and O–H groups in total. The van der Waals surface area contributed by atoms with Gasteiger partial charge >= 0.3 is 25.1 Å². The molecule has 4 unspecified atom stereocenters. The zero-order valence-corrected chi connectivity index (χ0v) is 38.8. The normalized spacial score (nSPS) is 16.4. The molecule has 4 atom stereocenters. The Morgan fingerprint density at radius 3 is 1.32 bits per heavy atom. The lowest BCUT2D eigenvalue weighted by molar-refractivity contribution is -0.275. The van der Waals surface area contributed by atoms with E-state index in [0.717, 1.165) is 24.3 Å². The molecule has 0 spiro atoms. The summed E-state index contributed by atoms with van der Waals surface area (Å²) < 4.78 is 189. The molecule has 0 radical (unpaired) electrons. The second kappa shape index (κ2) is 23.0. The molecule has 9 rings (SSSR count). The van der Waals surface area contributed by atoms with Crippen LogP contribution >= 0.6 is 11.6 Å². The summed E-state index contributed by atoms with van der Waals surface area (Å²) in [5, 5.41) is 19.5. The topological polar surface area (TPSA) is 140 Å². The minimum Gasteiger partial charge on any atom is -0.488 e. The molecule has 7 aromatic rings. The number of hydrogen-bond donors (Lipinski definition) is 2. The van der Waals surface area contributed by atoms with Crippen LogP contribution in [0.3, 0.4) is 0 Å². The molecule has 2 aliphatic rings. The van der Waals surface area contributed by atoms with Crippen LogP contribution in [0.25, 0.3) is 22.3 Å². The summed E-state index contributed by atoms with van der Waals surface area (Å²) in [7, 11) is 0. The Labute approximate surface area is 421 Å². The number of hydrogen-bond acceptors (Lipinski definition) is 12. The number of furan rings is 3. The average molecular weight is 1090 g/mol. The van der Waals surface area contributed by atoms with E-state index in [2.05, 4.69) is 13.9 Å². The number of carbonyl (C=O) groups is 1. The van der Waals surface area contributed by atoms with Gasteiger partial charge < -0.3 is 52.2 Å². The third kappa shape index (κ3) is 14.2. The minimum atomic E-state index is -4.88. The van der Waals surface area contributed by atoms with E-state index in [0.29, 0.717) is 38.9 Å². The Bertz CT molecular complexity index is 2770. The van der Waals surface area contributed by atoms with Crippen molar-refractivity contribution >= 4 is 28.8 Å². The number of aliphatic hydroxyl groups is 2. The van der Waals surface area contributed by atoms with Crippen LogP contribution in [-0.2, 0) is 0 Å². The van der Waals surface area contributed by atoms with E-state index >= 15 is 0 Å². The first-order valence-electron chi connectivity index (χ1n) is 21.8. The van der Waals surface area contributed by atoms with Gasteiger partial charge in [-0.3, -0.25) is 4.79 Å². The van der Waals surface area contributed by atoms with Gasteiger partial charge in [-0.25, -0.2) is 0 Å². The van der Waals surface area contributed by atoms with Crippen LogP contribution in [0.4, 0.5) is 64.1 Å². The van der Waals surface area contributed by atoms with Crippen molar-refractivity contribution in [1.82, 2.24) is 0 Å². The highest BCUT2D eigenvalue weighted by Crippen LogP contribution is 2.48. The van der Waals surface area contributed by atoms with Gasteiger partial charge in [0.15, 0.2) is 29.5 Å². The molecule has 0 aliphatic carbocycles. The highest BCUT2D eigenvalue weighted by molar-refractivity contribution is 6.30. The molecular formula is C50H39ClF12N2O10. The van der Waals surface area contributed by atoms with Crippen LogP contribution in [0.1, 0.15) is 33.6 Å². The fraction of sp³-hybridized carbons (Fsp3) is 0.260. The van der Waals surface area contributed by atoms with Gasteiger partial charge in [-0.15, -0.1) is 37.9 Å². The van der Waals surface area contributed by atoms with Gasteiger partial charge in [-0.05, 0) is 65.7 Å². The molecule has 0 saturated heterocycles. The van der Waals surface area contributed by atoms with Crippen LogP contribution in [0.2, 0.25) is 0 Å². The highest BCUT2D eigenvalue weighted by atomic mass is 35.5. The molecule has 75 heavy (non-hydrogen) atoms. The second-order valence-corrected chi connectivity index (χ2v) is 16.5. The highest BCUT2D eigenvalue weighted by Gasteiger charge is 2.44. The number of Topliss-reactive ketones (excluding diaryl/α,β-unsaturated/α-hetero) is 1. The lowest BCUT2D eigenvalue weighted by atomic mass is 9.99. The van der Waals surface area contributed by atoms with Crippen LogP contribution < -0.4 is 28.7 Å². The van der Waals surface area contributed by atoms with E-state index in [-0.39, 0.29) is 47.8 Å². The van der Waals surface area contributed by atoms with Crippen molar-refractivity contribution in [3.05, 3.63) is 157 Å². The van der Waals surface area contributed by atoms with E-state index < -0.39 is 74.0 Å². The first-order valence-corrected chi connectivity index (χ1v) is 22.4. The summed E-state index contributed by atoms with van der Waals surface area (Å²) in [6.45, 7) is -1.72. The zero-order chi connectivity index (χ0) is 54.3.